The van der Waals surface area contributed by atoms with Crippen LogP contribution in [0.15, 0.2) is 24.3 Å². The molecule has 3 rings (SSSR count). The number of carbonyl (C=O) groups excluding carboxylic acids is 1. The first kappa shape index (κ1) is 13.8. The molecule has 2 heterocycles. The summed E-state index contributed by atoms with van der Waals surface area (Å²) in [5.74, 6) is 1.21. The molecule has 0 saturated carbocycles. The van der Waals surface area contributed by atoms with Crippen LogP contribution in [-0.4, -0.2) is 43.6 Å². The third kappa shape index (κ3) is 2.18. The van der Waals surface area contributed by atoms with Gasteiger partial charge in [0.05, 0.1) is 24.4 Å². The molecule has 5 nitrogen and oxygen atoms in total. The maximum atomic E-state index is 12.2. The third-order valence-electron chi connectivity index (χ3n) is 3.70. The number of sulfone groups is 1. The van der Waals surface area contributed by atoms with Gasteiger partial charge in [0, 0.05) is 5.69 Å². The highest BCUT2D eigenvalue weighted by Crippen LogP contribution is 2.47. The van der Waals surface area contributed by atoms with E-state index in [1.165, 1.54) is 11.8 Å². The molecule has 1 aromatic carbocycles. The van der Waals surface area contributed by atoms with Crippen LogP contribution in [-0.2, 0) is 14.6 Å². The molecule has 1 spiro atoms. The lowest BCUT2D eigenvalue weighted by atomic mass is 10.1. The van der Waals surface area contributed by atoms with Crippen molar-refractivity contribution in [2.45, 2.75) is 11.3 Å². The highest BCUT2D eigenvalue weighted by molar-refractivity contribution is 8.03. The number of thioether (sulfide) groups is 1. The van der Waals surface area contributed by atoms with Crippen LogP contribution in [0.1, 0.15) is 6.42 Å². The van der Waals surface area contributed by atoms with Gasteiger partial charge in [0.15, 0.2) is 9.84 Å². The molecule has 2 saturated heterocycles. The summed E-state index contributed by atoms with van der Waals surface area (Å²) in [5.41, 5.74) is 0.734. The van der Waals surface area contributed by atoms with Gasteiger partial charge >= 0.3 is 0 Å². The second-order valence-corrected chi connectivity index (χ2v) is 8.53. The average Bonchev–Trinajstić information content (AvgIpc) is 2.90. The number of carbonyl (C=O) groups is 1. The molecule has 2 aliphatic rings. The van der Waals surface area contributed by atoms with Crippen molar-refractivity contribution >= 4 is 33.2 Å². The van der Waals surface area contributed by atoms with Gasteiger partial charge in [-0.25, -0.2) is 8.42 Å². The molecule has 0 N–H and O–H groups in total. The monoisotopic (exact) mass is 313 g/mol. The number of ether oxygens (including phenoxy) is 1. The lowest BCUT2D eigenvalue weighted by molar-refractivity contribution is -0.116. The van der Waals surface area contributed by atoms with E-state index >= 15 is 0 Å². The SMILES string of the molecule is COc1ccc(N2C(=O)CS[C@@]23CCS(=O)(=O)C3)cc1. The van der Waals surface area contributed by atoms with Crippen molar-refractivity contribution in [3.05, 3.63) is 24.3 Å². The summed E-state index contributed by atoms with van der Waals surface area (Å²) >= 11 is 1.44. The standard InChI is InChI=1S/C13H15NO4S2/c1-18-11-4-2-10(3-5-11)14-12(15)8-19-13(14)6-7-20(16,17)9-13/h2-5H,6-9H2,1H3/t13-/m1/s1. The predicted molar refractivity (Wildman–Crippen MR) is 78.9 cm³/mol. The Labute approximate surface area is 122 Å². The summed E-state index contributed by atoms with van der Waals surface area (Å²) in [6.45, 7) is 0. The van der Waals surface area contributed by atoms with Crippen molar-refractivity contribution in [2.75, 3.05) is 29.3 Å². The summed E-state index contributed by atoms with van der Waals surface area (Å²) in [7, 11) is -1.47. The van der Waals surface area contributed by atoms with Crippen LogP contribution < -0.4 is 9.64 Å². The normalized spacial score (nSPS) is 28.2. The molecule has 2 aliphatic heterocycles. The summed E-state index contributed by atoms with van der Waals surface area (Å²) in [5, 5.41) is 0. The largest absolute Gasteiger partial charge is 0.497 e. The van der Waals surface area contributed by atoms with Crippen LogP contribution in [0.4, 0.5) is 5.69 Å². The molecule has 20 heavy (non-hydrogen) atoms. The maximum absolute atomic E-state index is 12.2. The Morgan fingerprint density at radius 2 is 2.00 bits per heavy atom. The first-order chi connectivity index (χ1) is 9.46. The summed E-state index contributed by atoms with van der Waals surface area (Å²) in [6.07, 6.45) is 0.498. The van der Waals surface area contributed by atoms with E-state index in [9.17, 15) is 13.2 Å². The van der Waals surface area contributed by atoms with Crippen LogP contribution in [0, 0.1) is 0 Å². The lowest BCUT2D eigenvalue weighted by Crippen LogP contribution is -2.45. The molecular weight excluding hydrogens is 298 g/mol. The zero-order valence-corrected chi connectivity index (χ0v) is 12.7. The number of nitrogens with zero attached hydrogens (tertiary/aromatic N) is 1. The van der Waals surface area contributed by atoms with E-state index in [4.69, 9.17) is 4.74 Å². The molecule has 1 atom stereocenters. The highest BCUT2D eigenvalue weighted by atomic mass is 32.2. The number of amides is 1. The molecule has 0 aromatic heterocycles. The third-order valence-corrected chi connectivity index (χ3v) is 7.09. The van der Waals surface area contributed by atoms with E-state index < -0.39 is 14.7 Å². The van der Waals surface area contributed by atoms with E-state index in [-0.39, 0.29) is 17.4 Å². The molecule has 108 valence electrons. The average molecular weight is 313 g/mol. The number of anilines is 1. The van der Waals surface area contributed by atoms with Crippen molar-refractivity contribution in [3.63, 3.8) is 0 Å². The Kier molecular flexibility index (Phi) is 3.21. The molecule has 7 heteroatoms. The molecule has 2 fully saturated rings. The fourth-order valence-corrected chi connectivity index (χ4v) is 6.62. The Morgan fingerprint density at radius 1 is 1.30 bits per heavy atom. The van der Waals surface area contributed by atoms with Gasteiger partial charge < -0.3 is 4.74 Å². The van der Waals surface area contributed by atoms with Crippen LogP contribution in [0.2, 0.25) is 0 Å². The van der Waals surface area contributed by atoms with E-state index in [0.29, 0.717) is 17.9 Å². The van der Waals surface area contributed by atoms with Gasteiger partial charge in [-0.05, 0) is 30.7 Å². The number of hydrogen-bond donors (Lipinski definition) is 0. The number of methoxy groups -OCH3 is 1. The minimum absolute atomic E-state index is 0.0303. The van der Waals surface area contributed by atoms with E-state index in [2.05, 4.69) is 0 Å². The van der Waals surface area contributed by atoms with Crippen molar-refractivity contribution in [1.29, 1.82) is 0 Å². The summed E-state index contributed by atoms with van der Waals surface area (Å²) in [4.78, 5) is 13.2. The molecular formula is C13H15NO4S2. The van der Waals surface area contributed by atoms with Gasteiger partial charge in [0.1, 0.15) is 10.6 Å². The molecule has 0 radical (unpaired) electrons. The van der Waals surface area contributed by atoms with Crippen LogP contribution in [0.5, 0.6) is 5.75 Å². The van der Waals surface area contributed by atoms with Gasteiger partial charge in [-0.15, -0.1) is 11.8 Å². The number of rotatable bonds is 2. The van der Waals surface area contributed by atoms with Crippen LogP contribution >= 0.6 is 11.8 Å². The second kappa shape index (κ2) is 4.66. The van der Waals surface area contributed by atoms with E-state index in [1.54, 1.807) is 36.3 Å². The maximum Gasteiger partial charge on any atom is 0.238 e. The fraction of sp³-hybridized carbons (Fsp3) is 0.462. The van der Waals surface area contributed by atoms with Crippen LogP contribution in [0.25, 0.3) is 0 Å². The number of hydrogen-bond acceptors (Lipinski definition) is 5. The minimum Gasteiger partial charge on any atom is -0.497 e. The molecule has 0 unspecified atom stereocenters. The van der Waals surface area contributed by atoms with E-state index in [1.807, 2.05) is 0 Å². The zero-order valence-electron chi connectivity index (χ0n) is 11.0. The molecule has 1 amide bonds. The number of benzene rings is 1. The minimum atomic E-state index is -3.05. The lowest BCUT2D eigenvalue weighted by Gasteiger charge is -2.32. The Morgan fingerprint density at radius 3 is 2.55 bits per heavy atom. The van der Waals surface area contributed by atoms with Crippen molar-refractivity contribution in [2.24, 2.45) is 0 Å². The molecule has 1 aromatic rings. The molecule has 0 bridgehead atoms. The first-order valence-electron chi connectivity index (χ1n) is 6.27. The van der Waals surface area contributed by atoms with Crippen molar-refractivity contribution < 1.29 is 17.9 Å². The summed E-state index contributed by atoms with van der Waals surface area (Å²) < 4.78 is 28.7. The Hall–Kier alpha value is -1.21. The quantitative estimate of drug-likeness (QED) is 0.823. The van der Waals surface area contributed by atoms with Gasteiger partial charge in [-0.2, -0.15) is 0 Å². The first-order valence-corrected chi connectivity index (χ1v) is 9.08. The highest BCUT2D eigenvalue weighted by Gasteiger charge is 2.53. The van der Waals surface area contributed by atoms with E-state index in [0.717, 1.165) is 5.69 Å². The fourth-order valence-electron chi connectivity index (χ4n) is 2.76. The zero-order chi connectivity index (χ0) is 14.4. The van der Waals surface area contributed by atoms with Gasteiger partial charge in [0.2, 0.25) is 5.91 Å². The Balaban J connectivity index is 1.98. The summed E-state index contributed by atoms with van der Waals surface area (Å²) in [6, 6.07) is 7.16. The predicted octanol–water partition coefficient (Wildman–Crippen LogP) is 1.29. The second-order valence-electron chi connectivity index (χ2n) is 5.00. The van der Waals surface area contributed by atoms with Crippen molar-refractivity contribution in [3.8, 4) is 5.75 Å². The smallest absolute Gasteiger partial charge is 0.238 e. The molecule has 0 aliphatic carbocycles. The van der Waals surface area contributed by atoms with Gasteiger partial charge in [-0.3, -0.25) is 9.69 Å². The van der Waals surface area contributed by atoms with Crippen molar-refractivity contribution in [1.82, 2.24) is 0 Å². The van der Waals surface area contributed by atoms with Crippen LogP contribution in [0.3, 0.4) is 0 Å². The van der Waals surface area contributed by atoms with Gasteiger partial charge in [-0.1, -0.05) is 0 Å². The topological polar surface area (TPSA) is 63.7 Å². The van der Waals surface area contributed by atoms with Gasteiger partial charge in [0.25, 0.3) is 0 Å². The Bertz CT molecular complexity index is 641.